The first-order valence-corrected chi connectivity index (χ1v) is 17.1. The van der Waals surface area contributed by atoms with Crippen molar-refractivity contribution in [2.24, 2.45) is 56.7 Å². The fraction of sp³-hybridized carbons (Fsp3) is 0.811. The maximum absolute atomic E-state index is 13.1. The van der Waals surface area contributed by atoms with Crippen LogP contribution in [0.2, 0.25) is 0 Å². The van der Waals surface area contributed by atoms with Gasteiger partial charge >= 0.3 is 12.1 Å². The molecule has 238 valence electrons. The number of allylic oxidation sites excluding steroid dienone is 1. The normalized spacial score (nSPS) is 44.7. The molecule has 0 bridgehead atoms. The first-order chi connectivity index (χ1) is 20.1. The first-order valence-electron chi connectivity index (χ1n) is 17.1. The average molecular weight is 593 g/mol. The van der Waals surface area contributed by atoms with E-state index in [1.807, 2.05) is 6.92 Å². The second kappa shape index (κ2) is 10.2. The van der Waals surface area contributed by atoms with E-state index >= 15 is 0 Å². The zero-order valence-electron chi connectivity index (χ0n) is 28.1. The molecule has 0 saturated heterocycles. The third kappa shape index (κ3) is 4.34. The van der Waals surface area contributed by atoms with E-state index in [-0.39, 0.29) is 45.2 Å². The molecule has 1 aromatic rings. The summed E-state index contributed by atoms with van der Waals surface area (Å²) in [4.78, 5) is 29.4. The number of carbonyl (C=O) groups is 2. The van der Waals surface area contributed by atoms with E-state index in [1.165, 1.54) is 42.2 Å². The SMILES string of the molecule is C=C(C)[C@@H]1CC[C@]2(COC(=O)n3ccnc3C)CC[C@]3(C)[C@H](CCC4[C@@]5(C)CC[C@H](OC(C)=O)C(C)(C)[C@@H]5CC[C@]43C)[C@@H]12. The molecule has 10 atom stereocenters. The third-order valence-electron chi connectivity index (χ3n) is 15.0. The lowest BCUT2D eigenvalue weighted by Gasteiger charge is -2.73. The number of ether oxygens (including phenoxy) is 2. The van der Waals surface area contributed by atoms with Crippen molar-refractivity contribution in [3.05, 3.63) is 30.4 Å². The molecule has 0 amide bonds. The standard InChI is InChI=1S/C37H56N2O4/c1-23(2)26-12-17-37(22-42-32(41)39-21-20-38-24(39)3)19-18-35(8)27(31(26)37)10-11-29-34(7)15-14-30(43-25(4)40)33(5,6)28(34)13-16-36(29,35)9/h20-21,26-31H,1,10-19,22H2,2-9H3/t26-,27+,28-,29?,30-,31+,34-,35+,36+,37+/m0/s1. The Balaban J connectivity index is 1.30. The Hall–Kier alpha value is -2.11. The number of esters is 1. The number of imidazole rings is 1. The van der Waals surface area contributed by atoms with Gasteiger partial charge in [0.05, 0.1) is 6.61 Å². The Bertz CT molecular complexity index is 1300. The van der Waals surface area contributed by atoms with Gasteiger partial charge in [0.2, 0.25) is 0 Å². The first kappa shape index (κ1) is 30.9. The van der Waals surface area contributed by atoms with Gasteiger partial charge in [0.25, 0.3) is 0 Å². The summed E-state index contributed by atoms with van der Waals surface area (Å²) in [6.07, 6.45) is 14.7. The van der Waals surface area contributed by atoms with Crippen molar-refractivity contribution in [1.82, 2.24) is 9.55 Å². The van der Waals surface area contributed by atoms with E-state index in [2.05, 4.69) is 53.1 Å². The van der Waals surface area contributed by atoms with Crippen LogP contribution in [0.1, 0.15) is 118 Å². The molecule has 0 N–H and O–H groups in total. The monoisotopic (exact) mass is 592 g/mol. The van der Waals surface area contributed by atoms with Crippen LogP contribution in [0.5, 0.6) is 0 Å². The topological polar surface area (TPSA) is 70.4 Å². The van der Waals surface area contributed by atoms with Gasteiger partial charge in [-0.3, -0.25) is 4.79 Å². The largest absolute Gasteiger partial charge is 0.462 e. The van der Waals surface area contributed by atoms with Crippen LogP contribution in [0.25, 0.3) is 0 Å². The van der Waals surface area contributed by atoms with Gasteiger partial charge < -0.3 is 9.47 Å². The maximum atomic E-state index is 13.1. The van der Waals surface area contributed by atoms with Gasteiger partial charge in [-0.05, 0) is 124 Å². The van der Waals surface area contributed by atoms with Gasteiger partial charge in [-0.2, -0.15) is 0 Å². The Labute approximate surface area is 259 Å². The Morgan fingerprint density at radius 3 is 2.33 bits per heavy atom. The number of nitrogens with zero attached hydrogens (tertiary/aromatic N) is 2. The van der Waals surface area contributed by atoms with Crippen LogP contribution in [-0.2, 0) is 14.3 Å². The zero-order chi connectivity index (χ0) is 31.2. The molecule has 43 heavy (non-hydrogen) atoms. The van der Waals surface area contributed by atoms with E-state index in [1.54, 1.807) is 19.3 Å². The molecule has 0 spiro atoms. The number of hydrogen-bond donors (Lipinski definition) is 0. The molecule has 6 rings (SSSR count). The maximum Gasteiger partial charge on any atom is 0.419 e. The zero-order valence-corrected chi connectivity index (χ0v) is 28.1. The van der Waals surface area contributed by atoms with E-state index in [0.29, 0.717) is 42.0 Å². The molecule has 0 aromatic carbocycles. The molecule has 5 fully saturated rings. The second-order valence-corrected chi connectivity index (χ2v) is 16.9. The lowest BCUT2D eigenvalue weighted by Crippen LogP contribution is -2.67. The molecule has 1 unspecified atom stereocenters. The summed E-state index contributed by atoms with van der Waals surface area (Å²) < 4.78 is 13.6. The molecule has 5 saturated carbocycles. The van der Waals surface area contributed by atoms with Crippen LogP contribution in [0.4, 0.5) is 4.79 Å². The van der Waals surface area contributed by atoms with Crippen molar-refractivity contribution >= 4 is 12.1 Å². The Morgan fingerprint density at radius 2 is 1.67 bits per heavy atom. The number of rotatable bonds is 4. The van der Waals surface area contributed by atoms with Crippen LogP contribution >= 0.6 is 0 Å². The van der Waals surface area contributed by atoms with Gasteiger partial charge in [0.1, 0.15) is 11.9 Å². The van der Waals surface area contributed by atoms with Crippen molar-refractivity contribution in [2.75, 3.05) is 6.61 Å². The lowest BCUT2D eigenvalue weighted by molar-refractivity contribution is -0.251. The van der Waals surface area contributed by atoms with Crippen molar-refractivity contribution in [1.29, 1.82) is 0 Å². The van der Waals surface area contributed by atoms with Crippen molar-refractivity contribution in [3.63, 3.8) is 0 Å². The summed E-state index contributed by atoms with van der Waals surface area (Å²) >= 11 is 0. The van der Waals surface area contributed by atoms with Crippen LogP contribution < -0.4 is 0 Å². The molecule has 0 radical (unpaired) electrons. The minimum Gasteiger partial charge on any atom is -0.462 e. The smallest absolute Gasteiger partial charge is 0.419 e. The third-order valence-corrected chi connectivity index (χ3v) is 15.0. The van der Waals surface area contributed by atoms with Crippen LogP contribution in [-0.4, -0.2) is 34.3 Å². The molecule has 0 aliphatic heterocycles. The summed E-state index contributed by atoms with van der Waals surface area (Å²) in [6.45, 7) is 23.3. The fourth-order valence-corrected chi connectivity index (χ4v) is 12.8. The number of fused-ring (bicyclic) bond motifs is 7. The Kier molecular flexibility index (Phi) is 7.33. The Morgan fingerprint density at radius 1 is 0.930 bits per heavy atom. The van der Waals surface area contributed by atoms with Crippen LogP contribution in [0, 0.1) is 63.6 Å². The predicted molar refractivity (Wildman–Crippen MR) is 168 cm³/mol. The van der Waals surface area contributed by atoms with Crippen LogP contribution in [0.15, 0.2) is 24.5 Å². The quantitative estimate of drug-likeness (QED) is 0.258. The average Bonchev–Trinajstić information content (AvgIpc) is 3.53. The van der Waals surface area contributed by atoms with E-state index in [0.717, 1.165) is 32.1 Å². The summed E-state index contributed by atoms with van der Waals surface area (Å²) in [7, 11) is 0. The second-order valence-electron chi connectivity index (χ2n) is 16.9. The number of carbonyl (C=O) groups excluding carboxylic acids is 2. The summed E-state index contributed by atoms with van der Waals surface area (Å²) in [5.41, 5.74) is 2.04. The number of hydrogen-bond acceptors (Lipinski definition) is 5. The highest BCUT2D eigenvalue weighted by Crippen LogP contribution is 2.77. The highest BCUT2D eigenvalue weighted by Gasteiger charge is 2.71. The van der Waals surface area contributed by atoms with Gasteiger partial charge in [-0.1, -0.05) is 46.8 Å². The van der Waals surface area contributed by atoms with Crippen molar-refractivity contribution < 1.29 is 19.1 Å². The summed E-state index contributed by atoms with van der Waals surface area (Å²) in [5, 5.41) is 0. The molecule has 6 nitrogen and oxygen atoms in total. The molecule has 1 aromatic heterocycles. The summed E-state index contributed by atoms with van der Waals surface area (Å²) in [5.74, 6) is 3.34. The summed E-state index contributed by atoms with van der Waals surface area (Å²) in [6, 6.07) is 0. The highest BCUT2D eigenvalue weighted by atomic mass is 16.6. The van der Waals surface area contributed by atoms with Gasteiger partial charge in [-0.25, -0.2) is 14.3 Å². The van der Waals surface area contributed by atoms with E-state index in [4.69, 9.17) is 9.47 Å². The van der Waals surface area contributed by atoms with Crippen molar-refractivity contribution in [2.45, 2.75) is 126 Å². The number of aryl methyl sites for hydroxylation is 1. The minimum atomic E-state index is -0.302. The molecule has 1 heterocycles. The lowest BCUT2D eigenvalue weighted by atomic mass is 9.32. The van der Waals surface area contributed by atoms with Gasteiger partial charge in [0, 0.05) is 30.1 Å². The fourth-order valence-electron chi connectivity index (χ4n) is 12.8. The molecule has 6 heteroatoms. The van der Waals surface area contributed by atoms with Crippen LogP contribution in [0.3, 0.4) is 0 Å². The highest BCUT2D eigenvalue weighted by molar-refractivity contribution is 5.71. The van der Waals surface area contributed by atoms with Gasteiger partial charge in [0.15, 0.2) is 0 Å². The van der Waals surface area contributed by atoms with E-state index in [9.17, 15) is 9.59 Å². The van der Waals surface area contributed by atoms with Gasteiger partial charge in [-0.15, -0.1) is 0 Å². The predicted octanol–water partition coefficient (Wildman–Crippen LogP) is 8.77. The van der Waals surface area contributed by atoms with Crippen molar-refractivity contribution in [3.8, 4) is 0 Å². The molecule has 5 aliphatic carbocycles. The van der Waals surface area contributed by atoms with E-state index < -0.39 is 0 Å². The molecule has 5 aliphatic rings. The molecular weight excluding hydrogens is 536 g/mol. The molecular formula is C37H56N2O4. The number of aromatic nitrogens is 2. The minimum absolute atomic E-state index is 0.0123.